The van der Waals surface area contributed by atoms with E-state index in [0.29, 0.717) is 22.4 Å². The minimum Gasteiger partial charge on any atom is -0.398 e. The molecule has 0 heterocycles. The van der Waals surface area contributed by atoms with Gasteiger partial charge in [0.2, 0.25) is 0 Å². The molecule has 0 saturated heterocycles. The Hall–Kier alpha value is -3.29. The molecule has 0 aliphatic heterocycles. The standard InChI is InChI=1S/C21H23F2N3O3/c1-13-7-5-10-17(19(26-28-4)21(27)24-3)18(13)12-29-25-14(2)15-8-6-9-16(11-15)20(22)23/h5-11,20H,12H2,1-4H3,(H,24,27)/b25-14+,26-19+. The molecule has 8 heteroatoms. The van der Waals surface area contributed by atoms with Crippen LogP contribution in [0.3, 0.4) is 0 Å². The SMILES string of the molecule is CNC(=O)/C(=N/OC)c1cccc(C)c1CO/N=C(\C)c1cccc(C(F)F)c1. The highest BCUT2D eigenvalue weighted by molar-refractivity contribution is 6.45. The van der Waals surface area contributed by atoms with E-state index in [1.165, 1.54) is 26.3 Å². The van der Waals surface area contributed by atoms with Crippen molar-refractivity contribution in [3.8, 4) is 0 Å². The Morgan fingerprint density at radius 3 is 2.55 bits per heavy atom. The number of benzene rings is 2. The number of nitrogens with zero attached hydrogens (tertiary/aromatic N) is 2. The smallest absolute Gasteiger partial charge is 0.273 e. The number of amides is 1. The van der Waals surface area contributed by atoms with E-state index in [-0.39, 0.29) is 17.9 Å². The van der Waals surface area contributed by atoms with Gasteiger partial charge >= 0.3 is 0 Å². The summed E-state index contributed by atoms with van der Waals surface area (Å²) in [7, 11) is 2.86. The summed E-state index contributed by atoms with van der Waals surface area (Å²) in [5, 5.41) is 10.4. The predicted octanol–water partition coefficient (Wildman–Crippen LogP) is 3.97. The number of aryl methyl sites for hydroxylation is 1. The Balaban J connectivity index is 2.27. The lowest BCUT2D eigenvalue weighted by molar-refractivity contribution is -0.114. The maximum absolute atomic E-state index is 12.9. The zero-order chi connectivity index (χ0) is 21.4. The quantitative estimate of drug-likeness (QED) is 0.535. The molecule has 1 amide bonds. The number of hydrogen-bond donors (Lipinski definition) is 1. The van der Waals surface area contributed by atoms with Crippen LogP contribution in [0, 0.1) is 6.92 Å². The van der Waals surface area contributed by atoms with Crippen LogP contribution in [0.25, 0.3) is 0 Å². The second kappa shape index (κ2) is 10.3. The van der Waals surface area contributed by atoms with Crippen molar-refractivity contribution < 1.29 is 23.3 Å². The topological polar surface area (TPSA) is 72.3 Å². The van der Waals surface area contributed by atoms with Gasteiger partial charge in [0.25, 0.3) is 12.3 Å². The molecule has 1 N–H and O–H groups in total. The number of oxime groups is 2. The van der Waals surface area contributed by atoms with Crippen LogP contribution >= 0.6 is 0 Å². The molecule has 0 fully saturated rings. The molecule has 0 aliphatic carbocycles. The first-order valence-electron chi connectivity index (χ1n) is 8.86. The van der Waals surface area contributed by atoms with E-state index >= 15 is 0 Å². The molecular weight excluding hydrogens is 380 g/mol. The Labute approximate surface area is 168 Å². The fraction of sp³-hybridized carbons (Fsp3) is 0.286. The summed E-state index contributed by atoms with van der Waals surface area (Å²) < 4.78 is 25.8. The molecule has 0 spiro atoms. The highest BCUT2D eigenvalue weighted by Crippen LogP contribution is 2.20. The van der Waals surface area contributed by atoms with Gasteiger partial charge in [-0.2, -0.15) is 0 Å². The average molecular weight is 403 g/mol. The molecular formula is C21H23F2N3O3. The van der Waals surface area contributed by atoms with Gasteiger partial charge < -0.3 is 15.0 Å². The van der Waals surface area contributed by atoms with Gasteiger partial charge in [-0.05, 0) is 31.0 Å². The van der Waals surface area contributed by atoms with Gasteiger partial charge in [0.05, 0.1) is 5.71 Å². The van der Waals surface area contributed by atoms with Crippen molar-refractivity contribution >= 4 is 17.3 Å². The number of hydrogen-bond acceptors (Lipinski definition) is 5. The summed E-state index contributed by atoms with van der Waals surface area (Å²) in [5.74, 6) is -0.401. The van der Waals surface area contributed by atoms with Gasteiger partial charge in [0.15, 0.2) is 5.71 Å². The van der Waals surface area contributed by atoms with E-state index in [1.54, 1.807) is 31.2 Å². The minimum atomic E-state index is -2.55. The van der Waals surface area contributed by atoms with Crippen molar-refractivity contribution in [1.29, 1.82) is 0 Å². The highest BCUT2D eigenvalue weighted by Gasteiger charge is 2.19. The minimum absolute atomic E-state index is 0.0631. The van der Waals surface area contributed by atoms with Crippen molar-refractivity contribution in [2.75, 3.05) is 14.2 Å². The van der Waals surface area contributed by atoms with Gasteiger partial charge in [-0.25, -0.2) is 8.78 Å². The van der Waals surface area contributed by atoms with E-state index in [4.69, 9.17) is 9.68 Å². The highest BCUT2D eigenvalue weighted by atomic mass is 19.3. The maximum atomic E-state index is 12.9. The summed E-state index contributed by atoms with van der Waals surface area (Å²) in [6, 6.07) is 11.4. The lowest BCUT2D eigenvalue weighted by Crippen LogP contribution is -2.29. The largest absolute Gasteiger partial charge is 0.398 e. The fourth-order valence-corrected chi connectivity index (χ4v) is 2.68. The molecule has 2 rings (SSSR count). The molecule has 0 radical (unpaired) electrons. The van der Waals surface area contributed by atoms with Crippen LogP contribution in [-0.4, -0.2) is 31.5 Å². The van der Waals surface area contributed by atoms with Crippen molar-refractivity contribution in [3.63, 3.8) is 0 Å². The summed E-state index contributed by atoms with van der Waals surface area (Å²) in [4.78, 5) is 22.4. The van der Waals surface area contributed by atoms with Crippen molar-refractivity contribution in [1.82, 2.24) is 5.32 Å². The number of alkyl halides is 2. The number of carbonyl (C=O) groups is 1. The lowest BCUT2D eigenvalue weighted by atomic mass is 9.98. The number of rotatable bonds is 8. The van der Waals surface area contributed by atoms with E-state index < -0.39 is 12.3 Å². The van der Waals surface area contributed by atoms with Gasteiger partial charge in [0, 0.05) is 23.7 Å². The summed E-state index contributed by atoms with van der Waals surface area (Å²) in [5.41, 5.74) is 3.18. The first-order valence-corrected chi connectivity index (χ1v) is 8.86. The monoisotopic (exact) mass is 403 g/mol. The molecule has 0 aromatic heterocycles. The average Bonchev–Trinajstić information content (AvgIpc) is 2.72. The number of likely N-dealkylation sites (N-methyl/N-ethyl adjacent to an activating group) is 1. The lowest BCUT2D eigenvalue weighted by Gasteiger charge is -2.13. The second-order valence-corrected chi connectivity index (χ2v) is 6.18. The normalized spacial score (nSPS) is 12.1. The zero-order valence-corrected chi connectivity index (χ0v) is 16.7. The zero-order valence-electron chi connectivity index (χ0n) is 16.7. The van der Waals surface area contributed by atoms with Crippen LogP contribution in [0.1, 0.15) is 41.2 Å². The molecule has 0 atom stereocenters. The molecule has 2 aromatic rings. The van der Waals surface area contributed by atoms with E-state index in [9.17, 15) is 13.6 Å². The molecule has 0 bridgehead atoms. The summed E-state index contributed by atoms with van der Waals surface area (Å²) in [6.45, 7) is 3.61. The maximum Gasteiger partial charge on any atom is 0.273 e. The third-order valence-electron chi connectivity index (χ3n) is 4.26. The number of carbonyl (C=O) groups excluding carboxylic acids is 1. The van der Waals surface area contributed by atoms with Gasteiger partial charge in [-0.1, -0.05) is 46.7 Å². The Morgan fingerprint density at radius 1 is 1.17 bits per heavy atom. The third kappa shape index (κ3) is 5.60. The molecule has 154 valence electrons. The molecule has 0 saturated carbocycles. The van der Waals surface area contributed by atoms with Crippen LogP contribution in [0.2, 0.25) is 0 Å². The van der Waals surface area contributed by atoms with Crippen molar-refractivity contribution in [2.24, 2.45) is 10.3 Å². The number of halogens is 2. The Kier molecular flexibility index (Phi) is 7.82. The van der Waals surface area contributed by atoms with Crippen LogP contribution in [0.5, 0.6) is 0 Å². The summed E-state index contributed by atoms with van der Waals surface area (Å²) in [6.07, 6.45) is -2.55. The predicted molar refractivity (Wildman–Crippen MR) is 107 cm³/mol. The van der Waals surface area contributed by atoms with Crippen LogP contribution in [-0.2, 0) is 21.1 Å². The third-order valence-corrected chi connectivity index (χ3v) is 4.26. The molecule has 0 unspecified atom stereocenters. The number of nitrogens with one attached hydrogen (secondary N) is 1. The van der Waals surface area contributed by atoms with Gasteiger partial charge in [-0.3, -0.25) is 4.79 Å². The summed E-state index contributed by atoms with van der Waals surface area (Å²) >= 11 is 0. The van der Waals surface area contributed by atoms with Gasteiger partial charge in [-0.15, -0.1) is 0 Å². The first-order chi connectivity index (χ1) is 13.9. The Morgan fingerprint density at radius 2 is 1.90 bits per heavy atom. The van der Waals surface area contributed by atoms with Crippen LogP contribution < -0.4 is 5.32 Å². The molecule has 2 aromatic carbocycles. The first kappa shape index (κ1) is 22.0. The van der Waals surface area contributed by atoms with Crippen LogP contribution in [0.4, 0.5) is 8.78 Å². The molecule has 6 nitrogen and oxygen atoms in total. The van der Waals surface area contributed by atoms with Crippen LogP contribution in [0.15, 0.2) is 52.8 Å². The van der Waals surface area contributed by atoms with Crippen molar-refractivity contribution in [2.45, 2.75) is 26.9 Å². The Bertz CT molecular complexity index is 927. The van der Waals surface area contributed by atoms with E-state index in [0.717, 1.165) is 5.56 Å². The van der Waals surface area contributed by atoms with E-state index in [1.807, 2.05) is 13.0 Å². The van der Waals surface area contributed by atoms with E-state index in [2.05, 4.69) is 15.6 Å². The second-order valence-electron chi connectivity index (χ2n) is 6.18. The van der Waals surface area contributed by atoms with Gasteiger partial charge in [0.1, 0.15) is 13.7 Å². The molecule has 29 heavy (non-hydrogen) atoms. The molecule has 0 aliphatic rings. The fourth-order valence-electron chi connectivity index (χ4n) is 2.68. The van der Waals surface area contributed by atoms with Crippen molar-refractivity contribution in [3.05, 3.63) is 70.3 Å².